The number of nitrogens with one attached hydrogen (secondary N) is 3. The number of unbranched alkanes of at least 4 members (excludes halogenated alkanes) is 1. The van der Waals surface area contributed by atoms with Crippen molar-refractivity contribution >= 4 is 23.7 Å². The molecule has 0 saturated heterocycles. The van der Waals surface area contributed by atoms with Crippen molar-refractivity contribution in [1.29, 1.82) is 0 Å². The Morgan fingerprint density at radius 1 is 0.854 bits per heavy atom. The number of rotatable bonds is 18. The zero-order chi connectivity index (χ0) is 30.0. The van der Waals surface area contributed by atoms with Crippen molar-refractivity contribution in [2.45, 2.75) is 57.7 Å². The van der Waals surface area contributed by atoms with Gasteiger partial charge in [0.1, 0.15) is 12.1 Å². The average molecular weight is 572 g/mol. The van der Waals surface area contributed by atoms with Crippen LogP contribution in [-0.4, -0.2) is 70.3 Å². The second-order valence-electron chi connectivity index (χ2n) is 9.27. The highest BCUT2D eigenvalue weighted by Gasteiger charge is 2.29. The lowest BCUT2D eigenvalue weighted by Gasteiger charge is -2.23. The molecular formula is C30H41N3O8. The molecule has 0 saturated carbocycles. The lowest BCUT2D eigenvalue weighted by molar-refractivity contribution is -0.146. The van der Waals surface area contributed by atoms with E-state index in [9.17, 15) is 19.2 Å². The van der Waals surface area contributed by atoms with Crippen molar-refractivity contribution in [1.82, 2.24) is 16.0 Å². The van der Waals surface area contributed by atoms with Crippen LogP contribution in [0.4, 0.5) is 0 Å². The van der Waals surface area contributed by atoms with Crippen molar-refractivity contribution in [2.24, 2.45) is 0 Å². The highest BCUT2D eigenvalue weighted by molar-refractivity contribution is 5.94. The monoisotopic (exact) mass is 571 g/mol. The minimum absolute atomic E-state index is 0.0959. The lowest BCUT2D eigenvalue weighted by Crippen LogP contribution is -2.55. The van der Waals surface area contributed by atoms with Crippen LogP contribution in [0, 0.1) is 0 Å². The molecule has 0 aliphatic rings. The largest absolute Gasteiger partial charge is 0.493 e. The highest BCUT2D eigenvalue weighted by atomic mass is 16.5. The minimum atomic E-state index is -1.24. The molecule has 41 heavy (non-hydrogen) atoms. The molecule has 0 bridgehead atoms. The van der Waals surface area contributed by atoms with E-state index in [0.717, 1.165) is 12.0 Å². The Hall–Kier alpha value is -4.12. The number of para-hydroxylation sites is 1. The van der Waals surface area contributed by atoms with Crippen LogP contribution in [0.1, 0.15) is 43.7 Å². The molecule has 224 valence electrons. The van der Waals surface area contributed by atoms with Crippen LogP contribution in [0.25, 0.3) is 0 Å². The van der Waals surface area contributed by atoms with Gasteiger partial charge in [-0.15, -0.1) is 0 Å². The van der Waals surface area contributed by atoms with Gasteiger partial charge >= 0.3 is 5.97 Å². The Morgan fingerprint density at radius 2 is 1.61 bits per heavy atom. The quantitative estimate of drug-likeness (QED) is 0.183. The van der Waals surface area contributed by atoms with E-state index in [1.165, 1.54) is 21.3 Å². The van der Waals surface area contributed by atoms with E-state index in [1.807, 2.05) is 37.3 Å². The molecular weight excluding hydrogens is 530 g/mol. The first-order valence-electron chi connectivity index (χ1n) is 13.6. The predicted molar refractivity (Wildman–Crippen MR) is 152 cm³/mol. The first-order valence-corrected chi connectivity index (χ1v) is 13.6. The molecule has 2 rings (SSSR count). The van der Waals surface area contributed by atoms with Gasteiger partial charge in [-0.3, -0.25) is 19.2 Å². The summed E-state index contributed by atoms with van der Waals surface area (Å²) in [5, 5.41) is 7.99. The molecule has 2 atom stereocenters. The zero-order valence-electron chi connectivity index (χ0n) is 24.2. The zero-order valence-corrected chi connectivity index (χ0v) is 24.2. The number of hydrogen-bond acceptors (Lipinski definition) is 8. The summed E-state index contributed by atoms with van der Waals surface area (Å²) in [5.41, 5.74) is 1.63. The van der Waals surface area contributed by atoms with Crippen molar-refractivity contribution in [3.8, 4) is 11.5 Å². The normalized spacial score (nSPS) is 12.0. The third-order valence-corrected chi connectivity index (χ3v) is 6.17. The molecule has 2 aromatic carbocycles. The first-order chi connectivity index (χ1) is 19.8. The lowest BCUT2D eigenvalue weighted by atomic mass is 10.1. The van der Waals surface area contributed by atoms with Gasteiger partial charge < -0.3 is 34.9 Å². The fraction of sp³-hybridized carbons (Fsp3) is 0.467. The van der Waals surface area contributed by atoms with E-state index < -0.39 is 35.8 Å². The highest BCUT2D eigenvalue weighted by Crippen LogP contribution is 2.30. The van der Waals surface area contributed by atoms with Gasteiger partial charge in [-0.05, 0) is 24.5 Å². The predicted octanol–water partition coefficient (Wildman–Crippen LogP) is 2.30. The fourth-order valence-electron chi connectivity index (χ4n) is 3.95. The third kappa shape index (κ3) is 11.5. The Bertz CT molecular complexity index is 1130. The topological polar surface area (TPSA) is 141 Å². The van der Waals surface area contributed by atoms with Crippen LogP contribution in [0.5, 0.6) is 11.5 Å². The first kappa shape index (κ1) is 33.1. The molecule has 0 spiro atoms. The van der Waals surface area contributed by atoms with Gasteiger partial charge in [-0.2, -0.15) is 0 Å². The number of hydrogen-bond donors (Lipinski definition) is 3. The summed E-state index contributed by atoms with van der Waals surface area (Å²) in [4.78, 5) is 51.5. The SMILES string of the molecule is CCCCOC(=O)C[C@H](NC(=O)CCc1ccccc1)C(=O)N[C@@H](COC)C(=O)NCc1cccc(OC)c1OC. The van der Waals surface area contributed by atoms with Crippen LogP contribution in [0.2, 0.25) is 0 Å². The van der Waals surface area contributed by atoms with E-state index >= 15 is 0 Å². The number of ether oxygens (including phenoxy) is 4. The summed E-state index contributed by atoms with van der Waals surface area (Å²) in [6.45, 7) is 2.14. The van der Waals surface area contributed by atoms with Crippen LogP contribution < -0.4 is 25.4 Å². The number of benzene rings is 2. The molecule has 0 aromatic heterocycles. The maximum atomic E-state index is 13.3. The number of methoxy groups -OCH3 is 3. The summed E-state index contributed by atoms with van der Waals surface area (Å²) >= 11 is 0. The van der Waals surface area contributed by atoms with Crippen LogP contribution >= 0.6 is 0 Å². The number of esters is 1. The Labute approximate surface area is 241 Å². The number of carbonyl (C=O) groups is 4. The molecule has 0 fully saturated rings. The second-order valence-corrected chi connectivity index (χ2v) is 9.27. The van der Waals surface area contributed by atoms with E-state index in [2.05, 4.69) is 16.0 Å². The molecule has 2 aromatic rings. The molecule has 3 N–H and O–H groups in total. The Kier molecular flexibility index (Phi) is 14.7. The summed E-state index contributed by atoms with van der Waals surface area (Å²) < 4.78 is 21.1. The maximum absolute atomic E-state index is 13.3. The van der Waals surface area contributed by atoms with Crippen molar-refractivity contribution in [3.05, 3.63) is 59.7 Å². The standard InChI is InChI=1S/C30H41N3O8/c1-5-6-17-41-27(35)18-23(32-26(34)16-15-21-11-8-7-9-12-21)30(37)33-24(20-38-2)29(36)31-19-22-13-10-14-25(39-3)28(22)40-4/h7-14,23-24H,5-6,15-20H2,1-4H3,(H,31,36)(H,32,34)(H,33,37)/t23-,24-/m0/s1. The Morgan fingerprint density at radius 3 is 2.27 bits per heavy atom. The smallest absolute Gasteiger partial charge is 0.308 e. The summed E-state index contributed by atoms with van der Waals surface area (Å²) in [6.07, 6.45) is 1.71. The minimum Gasteiger partial charge on any atom is -0.493 e. The van der Waals surface area contributed by atoms with Crippen LogP contribution in [-0.2, 0) is 41.6 Å². The molecule has 0 aliphatic carbocycles. The molecule has 11 heteroatoms. The maximum Gasteiger partial charge on any atom is 0.308 e. The molecule has 0 unspecified atom stereocenters. The second kappa shape index (κ2) is 18.3. The van der Waals surface area contributed by atoms with E-state index in [1.54, 1.807) is 18.2 Å². The summed E-state index contributed by atoms with van der Waals surface area (Å²) in [5.74, 6) is -1.28. The molecule has 11 nitrogen and oxygen atoms in total. The average Bonchev–Trinajstić information content (AvgIpc) is 2.98. The number of amides is 3. The van der Waals surface area contributed by atoms with Gasteiger partial charge in [0.05, 0.1) is 33.9 Å². The van der Waals surface area contributed by atoms with Gasteiger partial charge in [0, 0.05) is 25.6 Å². The molecule has 0 radical (unpaired) electrons. The van der Waals surface area contributed by atoms with Crippen molar-refractivity contribution in [2.75, 3.05) is 34.5 Å². The number of carbonyl (C=O) groups excluding carboxylic acids is 4. The van der Waals surface area contributed by atoms with Gasteiger partial charge in [0.2, 0.25) is 17.7 Å². The van der Waals surface area contributed by atoms with Gasteiger partial charge in [0.25, 0.3) is 0 Å². The van der Waals surface area contributed by atoms with Crippen molar-refractivity contribution < 1.29 is 38.1 Å². The fourth-order valence-corrected chi connectivity index (χ4v) is 3.95. The van der Waals surface area contributed by atoms with E-state index in [-0.39, 0.29) is 32.6 Å². The van der Waals surface area contributed by atoms with Crippen molar-refractivity contribution in [3.63, 3.8) is 0 Å². The van der Waals surface area contributed by atoms with Gasteiger partial charge in [0.15, 0.2) is 11.5 Å². The Balaban J connectivity index is 2.08. The molecule has 0 heterocycles. The van der Waals surface area contributed by atoms with E-state index in [4.69, 9.17) is 18.9 Å². The number of aryl methyl sites for hydroxylation is 1. The van der Waals surface area contributed by atoms with Gasteiger partial charge in [-0.1, -0.05) is 55.8 Å². The molecule has 0 aliphatic heterocycles. The summed E-state index contributed by atoms with van der Waals surface area (Å²) in [6, 6.07) is 12.4. The van der Waals surface area contributed by atoms with Crippen LogP contribution in [0.15, 0.2) is 48.5 Å². The summed E-state index contributed by atoms with van der Waals surface area (Å²) in [7, 11) is 4.41. The molecule has 3 amide bonds. The van der Waals surface area contributed by atoms with Gasteiger partial charge in [-0.25, -0.2) is 0 Å². The third-order valence-electron chi connectivity index (χ3n) is 6.17. The van der Waals surface area contributed by atoms with E-state index in [0.29, 0.717) is 29.9 Å². The van der Waals surface area contributed by atoms with Crippen LogP contribution in [0.3, 0.4) is 0 Å².